The number of nitrogens with zero attached hydrogens (tertiary/aromatic N) is 2. The Labute approximate surface area is 198 Å². The molecular formula is C28H30FN3O2. The van der Waals surface area contributed by atoms with Gasteiger partial charge in [-0.25, -0.2) is 14.2 Å². The van der Waals surface area contributed by atoms with Crippen LogP contribution in [0.15, 0.2) is 42.6 Å². The number of hydrogen-bond donors (Lipinski definition) is 1. The molecule has 1 aliphatic rings. The van der Waals surface area contributed by atoms with Crippen LogP contribution < -0.4 is 0 Å². The second-order valence-corrected chi connectivity index (χ2v) is 9.44. The van der Waals surface area contributed by atoms with Crippen molar-refractivity contribution in [3.8, 4) is 0 Å². The first kappa shape index (κ1) is 22.5. The number of halogens is 1. The number of carbonyl (C=O) groups excluding carboxylic acids is 1. The number of hydrogen-bond acceptors (Lipinski definition) is 4. The fourth-order valence-corrected chi connectivity index (χ4v) is 5.53. The second-order valence-electron chi connectivity index (χ2n) is 9.44. The number of ether oxygens (including phenoxy) is 1. The highest BCUT2D eigenvalue weighted by molar-refractivity contribution is 5.96. The van der Waals surface area contributed by atoms with E-state index in [0.29, 0.717) is 24.0 Å². The van der Waals surface area contributed by atoms with Crippen LogP contribution in [0.25, 0.3) is 21.9 Å². The van der Waals surface area contributed by atoms with Crippen molar-refractivity contribution in [2.45, 2.75) is 58.3 Å². The number of imidazole rings is 1. The van der Waals surface area contributed by atoms with Gasteiger partial charge in [-0.1, -0.05) is 6.92 Å². The van der Waals surface area contributed by atoms with Crippen LogP contribution in [0.2, 0.25) is 0 Å². The van der Waals surface area contributed by atoms with Gasteiger partial charge in [-0.05, 0) is 98.9 Å². The molecule has 176 valence electrons. The highest BCUT2D eigenvalue weighted by atomic mass is 19.1. The number of rotatable bonds is 5. The molecule has 5 rings (SSSR count). The quantitative estimate of drug-likeness (QED) is 0.333. The minimum Gasteiger partial charge on any atom is -0.462 e. The van der Waals surface area contributed by atoms with E-state index in [-0.39, 0.29) is 17.7 Å². The van der Waals surface area contributed by atoms with E-state index >= 15 is 0 Å². The van der Waals surface area contributed by atoms with E-state index in [9.17, 15) is 9.18 Å². The van der Waals surface area contributed by atoms with Crippen molar-refractivity contribution in [1.82, 2.24) is 15.0 Å². The Morgan fingerprint density at radius 3 is 2.68 bits per heavy atom. The first-order chi connectivity index (χ1) is 16.5. The molecule has 2 aromatic carbocycles. The number of pyridine rings is 1. The lowest BCUT2D eigenvalue weighted by atomic mass is 9.73. The van der Waals surface area contributed by atoms with Crippen LogP contribution in [0.4, 0.5) is 4.39 Å². The van der Waals surface area contributed by atoms with Gasteiger partial charge in [0.15, 0.2) is 0 Å². The Morgan fingerprint density at radius 2 is 1.91 bits per heavy atom. The Hall–Kier alpha value is -3.28. The predicted octanol–water partition coefficient (Wildman–Crippen LogP) is 6.81. The summed E-state index contributed by atoms with van der Waals surface area (Å²) in [6, 6.07) is 10.6. The maximum Gasteiger partial charge on any atom is 0.338 e. The third-order valence-electron chi connectivity index (χ3n) is 7.52. The Morgan fingerprint density at radius 1 is 1.15 bits per heavy atom. The van der Waals surface area contributed by atoms with Crippen LogP contribution in [0, 0.1) is 18.7 Å². The van der Waals surface area contributed by atoms with Gasteiger partial charge in [0.25, 0.3) is 0 Å². The maximum atomic E-state index is 13.9. The summed E-state index contributed by atoms with van der Waals surface area (Å²) in [6.45, 7) is 6.34. The molecule has 0 amide bonds. The van der Waals surface area contributed by atoms with Crippen molar-refractivity contribution in [3.05, 3.63) is 70.9 Å². The number of carbonyl (C=O) groups is 1. The van der Waals surface area contributed by atoms with E-state index in [0.717, 1.165) is 59.0 Å². The summed E-state index contributed by atoms with van der Waals surface area (Å²) < 4.78 is 19.1. The molecule has 1 atom stereocenters. The Bertz CT molecular complexity index is 1350. The lowest BCUT2D eigenvalue weighted by Crippen LogP contribution is -2.19. The summed E-state index contributed by atoms with van der Waals surface area (Å²) in [5.74, 6) is 1.68. The van der Waals surface area contributed by atoms with Gasteiger partial charge in [0.05, 0.1) is 28.7 Å². The van der Waals surface area contributed by atoms with Gasteiger partial charge in [0.1, 0.15) is 11.6 Å². The number of esters is 1. The van der Waals surface area contributed by atoms with Gasteiger partial charge in [0, 0.05) is 17.5 Å². The molecule has 0 spiro atoms. The largest absolute Gasteiger partial charge is 0.462 e. The van der Waals surface area contributed by atoms with Crippen molar-refractivity contribution >= 4 is 27.9 Å². The minimum absolute atomic E-state index is 0.213. The van der Waals surface area contributed by atoms with Crippen LogP contribution in [0.3, 0.4) is 0 Å². The van der Waals surface area contributed by atoms with E-state index in [1.807, 2.05) is 26.1 Å². The Kier molecular flexibility index (Phi) is 6.07. The summed E-state index contributed by atoms with van der Waals surface area (Å²) >= 11 is 0. The van der Waals surface area contributed by atoms with Gasteiger partial charge in [-0.3, -0.25) is 4.98 Å². The van der Waals surface area contributed by atoms with Crippen molar-refractivity contribution < 1.29 is 13.9 Å². The zero-order chi connectivity index (χ0) is 23.8. The third kappa shape index (κ3) is 4.06. The molecule has 6 heteroatoms. The summed E-state index contributed by atoms with van der Waals surface area (Å²) in [4.78, 5) is 25.0. The molecule has 1 fully saturated rings. The smallest absolute Gasteiger partial charge is 0.338 e. The van der Waals surface area contributed by atoms with Gasteiger partial charge in [0.2, 0.25) is 0 Å². The average molecular weight is 460 g/mol. The first-order valence-electron chi connectivity index (χ1n) is 12.2. The molecule has 1 aliphatic carbocycles. The van der Waals surface area contributed by atoms with E-state index in [2.05, 4.69) is 23.0 Å². The number of nitrogens with one attached hydrogen (secondary N) is 1. The van der Waals surface area contributed by atoms with Crippen molar-refractivity contribution in [1.29, 1.82) is 0 Å². The monoisotopic (exact) mass is 459 g/mol. The van der Waals surface area contributed by atoms with Crippen molar-refractivity contribution in [2.24, 2.45) is 5.92 Å². The Balaban J connectivity index is 1.33. The predicted molar refractivity (Wildman–Crippen MR) is 132 cm³/mol. The molecule has 1 saturated carbocycles. The highest BCUT2D eigenvalue weighted by Crippen LogP contribution is 2.43. The summed E-state index contributed by atoms with van der Waals surface area (Å²) in [5, 5.41) is 0.934. The van der Waals surface area contributed by atoms with Crippen LogP contribution >= 0.6 is 0 Å². The summed E-state index contributed by atoms with van der Waals surface area (Å²) in [5.41, 5.74) is 5.31. The zero-order valence-electron chi connectivity index (χ0n) is 19.9. The molecule has 1 N–H and O–H groups in total. The molecule has 2 heterocycles. The fourth-order valence-electron chi connectivity index (χ4n) is 5.53. The number of H-pyrrole nitrogens is 1. The van der Waals surface area contributed by atoms with Crippen LogP contribution in [-0.4, -0.2) is 27.5 Å². The minimum atomic E-state index is -0.298. The van der Waals surface area contributed by atoms with E-state index in [1.54, 1.807) is 18.2 Å². The second kappa shape index (κ2) is 9.16. The van der Waals surface area contributed by atoms with Gasteiger partial charge >= 0.3 is 5.97 Å². The molecule has 0 bridgehead atoms. The molecule has 5 nitrogen and oxygen atoms in total. The average Bonchev–Trinajstić information content (AvgIpc) is 3.29. The highest BCUT2D eigenvalue weighted by Gasteiger charge is 2.29. The first-order valence-corrected chi connectivity index (χ1v) is 12.2. The number of aromatic nitrogens is 3. The summed E-state index contributed by atoms with van der Waals surface area (Å²) in [7, 11) is 0. The number of aromatic amines is 1. The van der Waals surface area contributed by atoms with E-state index < -0.39 is 0 Å². The van der Waals surface area contributed by atoms with E-state index in [1.165, 1.54) is 11.6 Å². The standard InChI is InChI=1S/C28H30FN3O2/c1-4-34-28(33)21-10-12-25-26(17(21)3)32-27(31-25)16(2)18-5-7-19(8-6-18)22-13-14-30-24-11-9-20(29)15-23(22)24/h9-16,18-19H,4-8H2,1-3H3,(H,31,32)/t16-,18-,19+/m1/s1. The van der Waals surface area contributed by atoms with Gasteiger partial charge in [-0.15, -0.1) is 0 Å². The topological polar surface area (TPSA) is 67.9 Å². The van der Waals surface area contributed by atoms with Crippen LogP contribution in [0.1, 0.15) is 78.7 Å². The van der Waals surface area contributed by atoms with Crippen LogP contribution in [0.5, 0.6) is 0 Å². The number of fused-ring (bicyclic) bond motifs is 2. The van der Waals surface area contributed by atoms with E-state index in [4.69, 9.17) is 9.72 Å². The lowest BCUT2D eigenvalue weighted by molar-refractivity contribution is 0.0525. The maximum absolute atomic E-state index is 13.9. The SMILES string of the molecule is CCOC(=O)c1ccc2nc([C@H](C)[C@H]3CC[C@@H](c4ccnc5ccc(F)cc54)CC3)[nH]c2c1C. The van der Waals surface area contributed by atoms with Gasteiger partial charge in [-0.2, -0.15) is 0 Å². The molecular weight excluding hydrogens is 429 g/mol. The lowest BCUT2D eigenvalue weighted by Gasteiger charge is -2.32. The molecule has 0 radical (unpaired) electrons. The van der Waals surface area contributed by atoms with Crippen molar-refractivity contribution in [3.63, 3.8) is 0 Å². The van der Waals surface area contributed by atoms with Crippen molar-refractivity contribution in [2.75, 3.05) is 6.61 Å². The number of benzene rings is 2. The molecule has 4 aromatic rings. The molecule has 0 unspecified atom stereocenters. The molecule has 0 aliphatic heterocycles. The fraction of sp³-hybridized carbons (Fsp3) is 0.393. The summed E-state index contributed by atoms with van der Waals surface area (Å²) in [6.07, 6.45) is 6.16. The molecule has 34 heavy (non-hydrogen) atoms. The van der Waals surface area contributed by atoms with Gasteiger partial charge < -0.3 is 9.72 Å². The molecule has 2 aromatic heterocycles. The normalized spacial score (nSPS) is 19.4. The van der Waals surface area contributed by atoms with Crippen LogP contribution in [-0.2, 0) is 4.74 Å². The molecule has 0 saturated heterocycles. The third-order valence-corrected chi connectivity index (χ3v) is 7.52. The number of aryl methyl sites for hydroxylation is 1. The zero-order valence-corrected chi connectivity index (χ0v) is 19.9.